The Labute approximate surface area is 102 Å². The first-order valence-corrected chi connectivity index (χ1v) is 5.54. The van der Waals surface area contributed by atoms with Gasteiger partial charge in [-0.2, -0.15) is 0 Å². The third kappa shape index (κ3) is 4.31. The molecule has 3 nitrogen and oxygen atoms in total. The molecule has 0 unspecified atom stereocenters. The van der Waals surface area contributed by atoms with E-state index >= 15 is 0 Å². The molecule has 0 aliphatic carbocycles. The molecule has 1 rings (SSSR count). The van der Waals surface area contributed by atoms with Crippen LogP contribution >= 0.6 is 0 Å². The van der Waals surface area contributed by atoms with Crippen molar-refractivity contribution in [2.45, 2.75) is 26.4 Å². The van der Waals surface area contributed by atoms with Gasteiger partial charge in [-0.3, -0.25) is 0 Å². The van der Waals surface area contributed by atoms with E-state index in [-0.39, 0.29) is 12.1 Å². The number of methoxy groups -OCH3 is 1. The summed E-state index contributed by atoms with van der Waals surface area (Å²) in [7, 11) is 1.62. The van der Waals surface area contributed by atoms with Gasteiger partial charge in [0.25, 0.3) is 0 Å². The van der Waals surface area contributed by atoms with Gasteiger partial charge in [-0.25, -0.2) is 4.79 Å². The molecule has 0 saturated heterocycles. The number of hydrogen-bond donors (Lipinski definition) is 0. The van der Waals surface area contributed by atoms with Crippen molar-refractivity contribution < 1.29 is 14.3 Å². The SMILES string of the molecule is C=C(Cc1ccc(OC)cc1)C(=O)OC(C)C. The third-order valence-corrected chi connectivity index (χ3v) is 2.21. The van der Waals surface area contributed by atoms with E-state index in [0.717, 1.165) is 11.3 Å². The second-order valence-corrected chi connectivity index (χ2v) is 4.08. The van der Waals surface area contributed by atoms with Crippen molar-refractivity contribution in [2.75, 3.05) is 7.11 Å². The minimum Gasteiger partial charge on any atom is -0.497 e. The molecule has 0 saturated carbocycles. The minimum absolute atomic E-state index is 0.116. The quantitative estimate of drug-likeness (QED) is 0.580. The van der Waals surface area contributed by atoms with Gasteiger partial charge in [0.15, 0.2) is 0 Å². The topological polar surface area (TPSA) is 35.5 Å². The van der Waals surface area contributed by atoms with Crippen LogP contribution in [-0.4, -0.2) is 19.2 Å². The van der Waals surface area contributed by atoms with Gasteiger partial charge in [-0.15, -0.1) is 0 Å². The van der Waals surface area contributed by atoms with Gasteiger partial charge in [-0.1, -0.05) is 18.7 Å². The van der Waals surface area contributed by atoms with Crippen LogP contribution in [0.4, 0.5) is 0 Å². The average molecular weight is 234 g/mol. The Morgan fingerprint density at radius 3 is 2.35 bits per heavy atom. The van der Waals surface area contributed by atoms with E-state index in [0.29, 0.717) is 12.0 Å². The van der Waals surface area contributed by atoms with E-state index in [1.54, 1.807) is 7.11 Å². The first kappa shape index (κ1) is 13.3. The molecule has 0 aliphatic heterocycles. The molecule has 0 fully saturated rings. The maximum atomic E-state index is 11.5. The number of rotatable bonds is 5. The van der Waals surface area contributed by atoms with Gasteiger partial charge in [0.2, 0.25) is 0 Å². The number of ether oxygens (including phenoxy) is 2. The molecule has 3 heteroatoms. The van der Waals surface area contributed by atoms with E-state index in [2.05, 4.69) is 6.58 Å². The van der Waals surface area contributed by atoms with Crippen molar-refractivity contribution in [3.8, 4) is 5.75 Å². The van der Waals surface area contributed by atoms with Crippen LogP contribution in [0.15, 0.2) is 36.4 Å². The maximum Gasteiger partial charge on any atom is 0.333 e. The van der Waals surface area contributed by atoms with Gasteiger partial charge in [0.1, 0.15) is 5.75 Å². The highest BCUT2D eigenvalue weighted by Crippen LogP contribution is 2.14. The zero-order chi connectivity index (χ0) is 12.8. The van der Waals surface area contributed by atoms with Crippen molar-refractivity contribution in [3.05, 3.63) is 42.0 Å². The lowest BCUT2D eigenvalue weighted by atomic mass is 10.1. The summed E-state index contributed by atoms with van der Waals surface area (Å²) >= 11 is 0. The fourth-order valence-electron chi connectivity index (χ4n) is 1.36. The number of carbonyl (C=O) groups is 1. The Morgan fingerprint density at radius 2 is 1.88 bits per heavy atom. The minimum atomic E-state index is -0.337. The zero-order valence-corrected chi connectivity index (χ0v) is 10.5. The largest absolute Gasteiger partial charge is 0.497 e. The normalized spacial score (nSPS) is 10.1. The fourth-order valence-corrected chi connectivity index (χ4v) is 1.36. The number of hydrogen-bond acceptors (Lipinski definition) is 3. The van der Waals surface area contributed by atoms with Crippen LogP contribution in [0.25, 0.3) is 0 Å². The van der Waals surface area contributed by atoms with Gasteiger partial charge in [0.05, 0.1) is 13.2 Å². The summed E-state index contributed by atoms with van der Waals surface area (Å²) in [6.45, 7) is 7.38. The average Bonchev–Trinajstić information content (AvgIpc) is 2.29. The Bertz CT molecular complexity index is 390. The predicted octanol–water partition coefficient (Wildman–Crippen LogP) is 2.75. The summed E-state index contributed by atoms with van der Waals surface area (Å²) in [6.07, 6.45) is 0.380. The molecule has 0 aliphatic rings. The molecular weight excluding hydrogens is 216 g/mol. The Hall–Kier alpha value is -1.77. The van der Waals surface area contributed by atoms with E-state index in [4.69, 9.17) is 9.47 Å². The number of benzene rings is 1. The lowest BCUT2D eigenvalue weighted by Crippen LogP contribution is -2.14. The molecule has 0 atom stereocenters. The molecule has 0 heterocycles. The van der Waals surface area contributed by atoms with Gasteiger partial charge < -0.3 is 9.47 Å². The van der Waals surface area contributed by atoms with Crippen LogP contribution in [0.3, 0.4) is 0 Å². The van der Waals surface area contributed by atoms with Crippen molar-refractivity contribution >= 4 is 5.97 Å². The van der Waals surface area contributed by atoms with Crippen LogP contribution in [-0.2, 0) is 16.0 Å². The number of esters is 1. The lowest BCUT2D eigenvalue weighted by molar-refractivity contribution is -0.142. The zero-order valence-electron chi connectivity index (χ0n) is 10.5. The summed E-state index contributed by atoms with van der Waals surface area (Å²) in [5.74, 6) is 0.458. The summed E-state index contributed by atoms with van der Waals surface area (Å²) in [5.41, 5.74) is 1.47. The molecule has 1 aromatic carbocycles. The van der Waals surface area contributed by atoms with Crippen LogP contribution in [0, 0.1) is 0 Å². The first-order chi connectivity index (χ1) is 8.02. The highest BCUT2D eigenvalue weighted by Gasteiger charge is 2.10. The predicted molar refractivity (Wildman–Crippen MR) is 67.1 cm³/mol. The van der Waals surface area contributed by atoms with Crippen LogP contribution < -0.4 is 4.74 Å². The summed E-state index contributed by atoms with van der Waals surface area (Å²) < 4.78 is 10.1. The summed E-state index contributed by atoms with van der Waals surface area (Å²) in [5, 5.41) is 0. The second-order valence-electron chi connectivity index (χ2n) is 4.08. The van der Waals surface area contributed by atoms with E-state index in [1.165, 1.54) is 0 Å². The van der Waals surface area contributed by atoms with Crippen molar-refractivity contribution in [1.29, 1.82) is 0 Å². The molecule has 0 N–H and O–H groups in total. The van der Waals surface area contributed by atoms with Crippen molar-refractivity contribution in [3.63, 3.8) is 0 Å². The number of carbonyl (C=O) groups excluding carboxylic acids is 1. The molecule has 0 radical (unpaired) electrons. The van der Waals surface area contributed by atoms with Crippen LogP contribution in [0.5, 0.6) is 5.75 Å². The summed E-state index contributed by atoms with van der Waals surface area (Å²) in [4.78, 5) is 11.5. The van der Waals surface area contributed by atoms with Gasteiger partial charge in [-0.05, 0) is 31.5 Å². The molecule has 0 bridgehead atoms. The highest BCUT2D eigenvalue weighted by atomic mass is 16.5. The monoisotopic (exact) mass is 234 g/mol. The van der Waals surface area contributed by atoms with Gasteiger partial charge >= 0.3 is 5.97 Å². The van der Waals surface area contributed by atoms with Crippen molar-refractivity contribution in [1.82, 2.24) is 0 Å². The first-order valence-electron chi connectivity index (χ1n) is 5.54. The highest BCUT2D eigenvalue weighted by molar-refractivity contribution is 5.88. The lowest BCUT2D eigenvalue weighted by Gasteiger charge is -2.10. The molecule has 17 heavy (non-hydrogen) atoms. The molecule has 0 amide bonds. The van der Waals surface area contributed by atoms with Crippen LogP contribution in [0.2, 0.25) is 0 Å². The Kier molecular flexibility index (Phi) is 4.76. The smallest absolute Gasteiger partial charge is 0.333 e. The molecule has 0 aromatic heterocycles. The standard InChI is InChI=1S/C14H18O3/c1-10(2)17-14(15)11(3)9-12-5-7-13(16-4)8-6-12/h5-8,10H,3,9H2,1-2,4H3. The molecule has 92 valence electrons. The summed E-state index contributed by atoms with van der Waals surface area (Å²) in [6, 6.07) is 7.53. The van der Waals surface area contributed by atoms with Crippen molar-refractivity contribution in [2.24, 2.45) is 0 Å². The van der Waals surface area contributed by atoms with E-state index < -0.39 is 0 Å². The van der Waals surface area contributed by atoms with E-state index in [1.807, 2.05) is 38.1 Å². The molecule has 1 aromatic rings. The van der Waals surface area contributed by atoms with E-state index in [9.17, 15) is 4.79 Å². The molecule has 0 spiro atoms. The Morgan fingerprint density at radius 1 is 1.29 bits per heavy atom. The Balaban J connectivity index is 2.58. The fraction of sp³-hybridized carbons (Fsp3) is 0.357. The second kappa shape index (κ2) is 6.09. The maximum absolute atomic E-state index is 11.5. The van der Waals surface area contributed by atoms with Crippen LogP contribution in [0.1, 0.15) is 19.4 Å². The van der Waals surface area contributed by atoms with Gasteiger partial charge in [0, 0.05) is 12.0 Å². The molecular formula is C14H18O3. The third-order valence-electron chi connectivity index (χ3n) is 2.21.